The molecule has 3 aromatic rings. The summed E-state index contributed by atoms with van der Waals surface area (Å²) in [6.45, 7) is 7.82. The van der Waals surface area contributed by atoms with Gasteiger partial charge >= 0.3 is 7.12 Å². The van der Waals surface area contributed by atoms with Crippen molar-refractivity contribution in [3.63, 3.8) is 0 Å². The molecule has 1 aliphatic rings. The van der Waals surface area contributed by atoms with Crippen molar-refractivity contribution in [2.75, 3.05) is 0 Å². The van der Waals surface area contributed by atoms with Crippen LogP contribution in [0, 0.1) is 5.82 Å². The van der Waals surface area contributed by atoms with Crippen molar-refractivity contribution in [1.29, 1.82) is 0 Å². The lowest BCUT2D eigenvalue weighted by Gasteiger charge is -2.32. The molecule has 0 radical (unpaired) electrons. The highest BCUT2D eigenvalue weighted by Crippen LogP contribution is 2.37. The summed E-state index contributed by atoms with van der Waals surface area (Å²) in [5.74, 6) is -0.342. The number of halogens is 1. The van der Waals surface area contributed by atoms with Gasteiger partial charge in [0.2, 0.25) is 0 Å². The summed E-state index contributed by atoms with van der Waals surface area (Å²) >= 11 is 0. The lowest BCUT2D eigenvalue weighted by Crippen LogP contribution is -2.41. The molecule has 2 heterocycles. The molecule has 0 amide bonds. The molecular formula is C18H18BFO3. The van der Waals surface area contributed by atoms with Gasteiger partial charge in [-0.2, -0.15) is 0 Å². The minimum atomic E-state index is -0.724. The van der Waals surface area contributed by atoms with Crippen LogP contribution in [0.3, 0.4) is 0 Å². The molecule has 2 aromatic carbocycles. The highest BCUT2D eigenvalue weighted by molar-refractivity contribution is 6.62. The number of fused-ring (bicyclic) bond motifs is 3. The third-order valence-electron chi connectivity index (χ3n) is 5.02. The van der Waals surface area contributed by atoms with Crippen molar-refractivity contribution in [1.82, 2.24) is 0 Å². The van der Waals surface area contributed by atoms with Gasteiger partial charge in [-0.15, -0.1) is 0 Å². The Balaban J connectivity index is 1.89. The van der Waals surface area contributed by atoms with Crippen LogP contribution in [0.2, 0.25) is 0 Å². The molecule has 5 heteroatoms. The van der Waals surface area contributed by atoms with E-state index in [1.54, 1.807) is 12.1 Å². The van der Waals surface area contributed by atoms with Gasteiger partial charge < -0.3 is 13.7 Å². The highest BCUT2D eigenvalue weighted by Gasteiger charge is 2.52. The van der Waals surface area contributed by atoms with E-state index in [2.05, 4.69) is 0 Å². The summed E-state index contributed by atoms with van der Waals surface area (Å²) in [5.41, 5.74) is 0.605. The quantitative estimate of drug-likeness (QED) is 0.636. The molecule has 0 aliphatic carbocycles. The molecule has 118 valence electrons. The standard InChI is InChI=1S/C18H18BFO3/c1-17(2)18(3,4)23-19(22-17)12-9-10-14-15(16(12)20)11-7-5-6-8-13(11)21-14/h5-10H,1-4H3. The van der Waals surface area contributed by atoms with Crippen molar-refractivity contribution in [3.8, 4) is 0 Å². The van der Waals surface area contributed by atoms with Crippen molar-refractivity contribution in [3.05, 3.63) is 42.2 Å². The topological polar surface area (TPSA) is 31.6 Å². The molecule has 1 fully saturated rings. The van der Waals surface area contributed by atoms with E-state index in [-0.39, 0.29) is 5.82 Å². The van der Waals surface area contributed by atoms with Crippen molar-refractivity contribution in [2.45, 2.75) is 38.9 Å². The summed E-state index contributed by atoms with van der Waals surface area (Å²) in [7, 11) is -0.724. The van der Waals surface area contributed by atoms with Crippen LogP contribution in [-0.4, -0.2) is 18.3 Å². The van der Waals surface area contributed by atoms with E-state index in [1.807, 2.05) is 52.0 Å². The number of furan rings is 1. The van der Waals surface area contributed by atoms with Gasteiger partial charge in [0.25, 0.3) is 0 Å². The maximum atomic E-state index is 15.2. The average molecular weight is 312 g/mol. The molecule has 1 saturated heterocycles. The van der Waals surface area contributed by atoms with Crippen LogP contribution in [0.1, 0.15) is 27.7 Å². The van der Waals surface area contributed by atoms with E-state index in [4.69, 9.17) is 13.7 Å². The zero-order chi connectivity index (χ0) is 16.4. The fraction of sp³-hybridized carbons (Fsp3) is 0.333. The Kier molecular flexibility index (Phi) is 2.94. The monoisotopic (exact) mass is 312 g/mol. The lowest BCUT2D eigenvalue weighted by atomic mass is 9.78. The zero-order valence-corrected chi connectivity index (χ0v) is 13.6. The predicted molar refractivity (Wildman–Crippen MR) is 89.4 cm³/mol. The molecule has 1 aromatic heterocycles. The fourth-order valence-corrected chi connectivity index (χ4v) is 2.94. The van der Waals surface area contributed by atoms with E-state index in [1.165, 1.54) is 0 Å². The van der Waals surface area contributed by atoms with Gasteiger partial charge in [0.05, 0.1) is 16.6 Å². The summed E-state index contributed by atoms with van der Waals surface area (Å²) in [6, 6.07) is 10.9. The maximum absolute atomic E-state index is 15.2. The summed E-state index contributed by atoms with van der Waals surface area (Å²) in [5, 5.41) is 1.24. The Bertz CT molecular complexity index is 897. The van der Waals surface area contributed by atoms with Gasteiger partial charge in [0.1, 0.15) is 17.0 Å². The molecule has 0 saturated carbocycles. The van der Waals surface area contributed by atoms with Crippen LogP contribution >= 0.6 is 0 Å². The van der Waals surface area contributed by atoms with E-state index in [9.17, 15) is 0 Å². The smallest absolute Gasteiger partial charge is 0.456 e. The predicted octanol–water partition coefficient (Wildman–Crippen LogP) is 4.02. The molecule has 0 bridgehead atoms. The first-order valence-corrected chi connectivity index (χ1v) is 7.75. The van der Waals surface area contributed by atoms with E-state index in [0.29, 0.717) is 22.0 Å². The largest absolute Gasteiger partial charge is 0.497 e. The van der Waals surface area contributed by atoms with Crippen LogP contribution in [0.4, 0.5) is 4.39 Å². The van der Waals surface area contributed by atoms with Crippen LogP contribution in [-0.2, 0) is 9.31 Å². The van der Waals surface area contributed by atoms with Gasteiger partial charge in [0, 0.05) is 10.8 Å². The Morgan fingerprint density at radius 2 is 1.52 bits per heavy atom. The first-order valence-electron chi connectivity index (χ1n) is 7.75. The number of hydrogen-bond donors (Lipinski definition) is 0. The van der Waals surface area contributed by atoms with Crippen LogP contribution < -0.4 is 5.46 Å². The molecule has 0 unspecified atom stereocenters. The fourth-order valence-electron chi connectivity index (χ4n) is 2.94. The molecule has 3 nitrogen and oxygen atoms in total. The SMILES string of the molecule is CC1(C)OB(c2ccc3oc4ccccc4c3c2F)OC1(C)C. The molecule has 0 spiro atoms. The molecule has 23 heavy (non-hydrogen) atoms. The minimum absolute atomic E-state index is 0.342. The van der Waals surface area contributed by atoms with E-state index in [0.717, 1.165) is 5.39 Å². The molecule has 0 N–H and O–H groups in total. The Hall–Kier alpha value is -1.85. The van der Waals surface area contributed by atoms with Crippen LogP contribution in [0.5, 0.6) is 0 Å². The Labute approximate surface area is 134 Å². The van der Waals surface area contributed by atoms with Crippen molar-refractivity contribution >= 4 is 34.5 Å². The van der Waals surface area contributed by atoms with Gasteiger partial charge in [0.15, 0.2) is 0 Å². The number of rotatable bonds is 1. The zero-order valence-electron chi connectivity index (χ0n) is 13.6. The Morgan fingerprint density at radius 3 is 2.22 bits per heavy atom. The first-order chi connectivity index (χ1) is 10.8. The molecule has 1 aliphatic heterocycles. The minimum Gasteiger partial charge on any atom is -0.456 e. The maximum Gasteiger partial charge on any atom is 0.497 e. The first kappa shape index (κ1) is 14.7. The molecule has 0 atom stereocenters. The second-order valence-electron chi connectivity index (χ2n) is 7.03. The Morgan fingerprint density at radius 1 is 0.870 bits per heavy atom. The average Bonchev–Trinajstić information content (AvgIpc) is 2.94. The molecular weight excluding hydrogens is 294 g/mol. The second-order valence-corrected chi connectivity index (χ2v) is 7.03. The van der Waals surface area contributed by atoms with Crippen LogP contribution in [0.25, 0.3) is 21.9 Å². The molecule has 4 rings (SSSR count). The third kappa shape index (κ3) is 2.03. The second kappa shape index (κ2) is 4.59. The summed E-state index contributed by atoms with van der Waals surface area (Å²) in [6.07, 6.45) is 0. The number of para-hydroxylation sites is 1. The van der Waals surface area contributed by atoms with E-state index >= 15 is 4.39 Å². The highest BCUT2D eigenvalue weighted by atomic mass is 19.1. The van der Waals surface area contributed by atoms with Crippen molar-refractivity contribution in [2.24, 2.45) is 0 Å². The third-order valence-corrected chi connectivity index (χ3v) is 5.02. The normalized spacial score (nSPS) is 19.8. The van der Waals surface area contributed by atoms with Gasteiger partial charge in [-0.05, 0) is 39.8 Å². The lowest BCUT2D eigenvalue weighted by molar-refractivity contribution is 0.00578. The van der Waals surface area contributed by atoms with Crippen LogP contribution in [0.15, 0.2) is 40.8 Å². The van der Waals surface area contributed by atoms with Crippen molar-refractivity contribution < 1.29 is 18.1 Å². The number of hydrogen-bond acceptors (Lipinski definition) is 3. The number of benzene rings is 2. The summed E-state index contributed by atoms with van der Waals surface area (Å²) in [4.78, 5) is 0. The van der Waals surface area contributed by atoms with Gasteiger partial charge in [-0.3, -0.25) is 0 Å². The van der Waals surface area contributed by atoms with Gasteiger partial charge in [-0.25, -0.2) is 4.39 Å². The van der Waals surface area contributed by atoms with Gasteiger partial charge in [-0.1, -0.05) is 24.3 Å². The van der Waals surface area contributed by atoms with E-state index < -0.39 is 18.3 Å². The summed E-state index contributed by atoms with van der Waals surface area (Å²) < 4.78 is 32.8.